The van der Waals surface area contributed by atoms with Crippen LogP contribution < -0.4 is 5.73 Å². The Kier molecular flexibility index (Phi) is 2.49. The van der Waals surface area contributed by atoms with E-state index in [9.17, 15) is 0 Å². The summed E-state index contributed by atoms with van der Waals surface area (Å²) < 4.78 is 1.89. The Morgan fingerprint density at radius 3 is 2.64 bits per heavy atom. The van der Waals surface area contributed by atoms with Crippen molar-refractivity contribution in [1.29, 1.82) is 0 Å². The first-order valence-electron chi connectivity index (χ1n) is 4.09. The lowest BCUT2D eigenvalue weighted by atomic mass is 10.1. The van der Waals surface area contributed by atoms with Crippen LogP contribution in [0.5, 0.6) is 0 Å². The number of nitrogens with zero attached hydrogens (tertiary/aromatic N) is 1. The van der Waals surface area contributed by atoms with E-state index >= 15 is 0 Å². The van der Waals surface area contributed by atoms with Crippen LogP contribution in [-0.2, 0) is 0 Å². The normalized spacial score (nSPS) is 10.8. The zero-order valence-electron chi connectivity index (χ0n) is 7.51. The summed E-state index contributed by atoms with van der Waals surface area (Å²) >= 11 is 6.83. The van der Waals surface area contributed by atoms with Crippen LogP contribution in [0.1, 0.15) is 5.56 Å². The Morgan fingerprint density at radius 2 is 1.93 bits per heavy atom. The molecule has 14 heavy (non-hydrogen) atoms. The molecule has 1 aromatic heterocycles. The van der Waals surface area contributed by atoms with Crippen LogP contribution in [0.4, 0.5) is 5.69 Å². The molecule has 0 atom stereocenters. The monoisotopic (exact) mass is 314 g/mol. The first-order chi connectivity index (χ1) is 6.59. The predicted molar refractivity (Wildman–Crippen MR) is 66.3 cm³/mol. The van der Waals surface area contributed by atoms with E-state index in [1.165, 1.54) is 0 Å². The number of pyridine rings is 1. The van der Waals surface area contributed by atoms with Gasteiger partial charge in [0.1, 0.15) is 0 Å². The molecule has 0 saturated heterocycles. The maximum absolute atomic E-state index is 5.94. The molecular weight excluding hydrogens is 308 g/mol. The summed E-state index contributed by atoms with van der Waals surface area (Å²) in [6.45, 7) is 2.03. The van der Waals surface area contributed by atoms with Crippen molar-refractivity contribution < 1.29 is 0 Å². The van der Waals surface area contributed by atoms with Crippen molar-refractivity contribution in [3.8, 4) is 0 Å². The molecule has 2 aromatic rings. The number of hydrogen-bond donors (Lipinski definition) is 1. The van der Waals surface area contributed by atoms with Gasteiger partial charge in [-0.25, -0.2) is 0 Å². The molecule has 0 fully saturated rings. The Labute approximate surface area is 98.8 Å². The van der Waals surface area contributed by atoms with Crippen LogP contribution in [0.25, 0.3) is 10.9 Å². The van der Waals surface area contributed by atoms with Gasteiger partial charge in [-0.3, -0.25) is 4.98 Å². The third kappa shape index (κ3) is 1.53. The van der Waals surface area contributed by atoms with Crippen LogP contribution in [0, 0.1) is 6.92 Å². The van der Waals surface area contributed by atoms with E-state index in [1.807, 2.05) is 19.1 Å². The molecule has 0 aliphatic heterocycles. The second-order valence-electron chi connectivity index (χ2n) is 3.14. The van der Waals surface area contributed by atoms with Gasteiger partial charge in [0.05, 0.1) is 15.7 Å². The van der Waals surface area contributed by atoms with Crippen LogP contribution in [0.3, 0.4) is 0 Å². The first-order valence-corrected chi connectivity index (χ1v) is 5.68. The van der Waals surface area contributed by atoms with Gasteiger partial charge >= 0.3 is 0 Å². The Hall–Kier alpha value is -0.610. The molecule has 0 saturated carbocycles. The van der Waals surface area contributed by atoms with Gasteiger partial charge in [-0.15, -0.1) is 0 Å². The first kappa shape index (κ1) is 9.93. The standard InChI is InChI=1S/C10H8Br2N2/c1-5-2-6-9(3-7(5)11)14-4-8(12)10(6)13/h2-4H,1H3,(H2,13,14). The van der Waals surface area contributed by atoms with Gasteiger partial charge < -0.3 is 5.73 Å². The lowest BCUT2D eigenvalue weighted by Gasteiger charge is -2.06. The highest BCUT2D eigenvalue weighted by atomic mass is 79.9. The van der Waals surface area contributed by atoms with Crippen molar-refractivity contribution in [2.24, 2.45) is 0 Å². The summed E-state index contributed by atoms with van der Waals surface area (Å²) in [6, 6.07) is 4.01. The largest absolute Gasteiger partial charge is 0.397 e. The molecule has 0 unspecified atom stereocenters. The quantitative estimate of drug-likeness (QED) is 0.806. The van der Waals surface area contributed by atoms with E-state index < -0.39 is 0 Å². The molecule has 0 amide bonds. The zero-order valence-corrected chi connectivity index (χ0v) is 10.7. The summed E-state index contributed by atoms with van der Waals surface area (Å²) in [5.74, 6) is 0. The van der Waals surface area contributed by atoms with Crippen molar-refractivity contribution >= 4 is 48.5 Å². The van der Waals surface area contributed by atoms with Crippen molar-refractivity contribution in [1.82, 2.24) is 4.98 Å². The fraction of sp³-hybridized carbons (Fsp3) is 0.100. The van der Waals surface area contributed by atoms with E-state index in [-0.39, 0.29) is 0 Å². The van der Waals surface area contributed by atoms with Crippen molar-refractivity contribution in [3.05, 3.63) is 32.8 Å². The van der Waals surface area contributed by atoms with E-state index in [2.05, 4.69) is 36.8 Å². The predicted octanol–water partition coefficient (Wildman–Crippen LogP) is 3.65. The smallest absolute Gasteiger partial charge is 0.0734 e. The number of anilines is 1. The third-order valence-corrected chi connectivity index (χ3v) is 3.63. The average molecular weight is 316 g/mol. The fourth-order valence-electron chi connectivity index (χ4n) is 1.32. The molecule has 2 nitrogen and oxygen atoms in total. The van der Waals surface area contributed by atoms with Gasteiger partial charge in [0.15, 0.2) is 0 Å². The van der Waals surface area contributed by atoms with Gasteiger partial charge in [0, 0.05) is 16.1 Å². The van der Waals surface area contributed by atoms with Gasteiger partial charge in [-0.05, 0) is 40.5 Å². The lowest BCUT2D eigenvalue weighted by Crippen LogP contribution is -1.92. The molecule has 0 radical (unpaired) electrons. The zero-order chi connectivity index (χ0) is 10.3. The lowest BCUT2D eigenvalue weighted by molar-refractivity contribution is 1.36. The van der Waals surface area contributed by atoms with Gasteiger partial charge in [-0.1, -0.05) is 15.9 Å². The van der Waals surface area contributed by atoms with Crippen molar-refractivity contribution in [3.63, 3.8) is 0 Å². The van der Waals surface area contributed by atoms with E-state index in [0.717, 1.165) is 31.1 Å². The molecule has 2 rings (SSSR count). The number of nitrogens with two attached hydrogens (primary N) is 1. The summed E-state index contributed by atoms with van der Waals surface area (Å²) in [4.78, 5) is 4.29. The number of fused-ring (bicyclic) bond motifs is 1. The Bertz CT molecular complexity index is 509. The minimum atomic E-state index is 0.741. The van der Waals surface area contributed by atoms with Crippen LogP contribution >= 0.6 is 31.9 Å². The minimum absolute atomic E-state index is 0.741. The number of aryl methyl sites for hydroxylation is 1. The highest BCUT2D eigenvalue weighted by Crippen LogP contribution is 2.30. The topological polar surface area (TPSA) is 38.9 Å². The number of hydrogen-bond acceptors (Lipinski definition) is 2. The summed E-state index contributed by atoms with van der Waals surface area (Å²) in [6.07, 6.45) is 1.72. The fourth-order valence-corrected chi connectivity index (χ4v) is 1.97. The van der Waals surface area contributed by atoms with Crippen LogP contribution in [-0.4, -0.2) is 4.98 Å². The number of benzene rings is 1. The number of rotatable bonds is 0. The van der Waals surface area contributed by atoms with Gasteiger partial charge in [0.2, 0.25) is 0 Å². The Morgan fingerprint density at radius 1 is 1.21 bits per heavy atom. The highest BCUT2D eigenvalue weighted by Gasteiger charge is 2.05. The SMILES string of the molecule is Cc1cc2c(N)c(Br)cnc2cc1Br. The summed E-state index contributed by atoms with van der Waals surface area (Å²) in [7, 11) is 0. The molecular formula is C10H8Br2N2. The number of halogens is 2. The average Bonchev–Trinajstić information content (AvgIpc) is 2.15. The van der Waals surface area contributed by atoms with Crippen LogP contribution in [0.2, 0.25) is 0 Å². The van der Waals surface area contributed by atoms with Crippen LogP contribution in [0.15, 0.2) is 27.3 Å². The molecule has 0 bridgehead atoms. The summed E-state index contributed by atoms with van der Waals surface area (Å²) in [5.41, 5.74) is 8.74. The number of aromatic nitrogens is 1. The van der Waals surface area contributed by atoms with Crippen molar-refractivity contribution in [2.75, 3.05) is 5.73 Å². The maximum atomic E-state index is 5.94. The van der Waals surface area contributed by atoms with E-state index in [0.29, 0.717) is 0 Å². The molecule has 4 heteroatoms. The molecule has 0 aliphatic rings. The third-order valence-electron chi connectivity index (χ3n) is 2.14. The van der Waals surface area contributed by atoms with Gasteiger partial charge in [0.25, 0.3) is 0 Å². The molecule has 72 valence electrons. The second kappa shape index (κ2) is 3.51. The number of nitrogen functional groups attached to an aromatic ring is 1. The summed E-state index contributed by atoms with van der Waals surface area (Å²) in [5, 5.41) is 0.986. The minimum Gasteiger partial charge on any atom is -0.397 e. The van der Waals surface area contributed by atoms with E-state index in [1.54, 1.807) is 6.20 Å². The van der Waals surface area contributed by atoms with E-state index in [4.69, 9.17) is 5.73 Å². The van der Waals surface area contributed by atoms with Crippen molar-refractivity contribution in [2.45, 2.75) is 6.92 Å². The molecule has 1 aromatic carbocycles. The molecule has 0 aliphatic carbocycles. The molecule has 1 heterocycles. The second-order valence-corrected chi connectivity index (χ2v) is 4.85. The Balaban J connectivity index is 2.89. The molecule has 2 N–H and O–H groups in total. The molecule has 0 spiro atoms. The maximum Gasteiger partial charge on any atom is 0.0734 e. The highest BCUT2D eigenvalue weighted by molar-refractivity contribution is 9.11. The van der Waals surface area contributed by atoms with Gasteiger partial charge in [-0.2, -0.15) is 0 Å².